The average molecular weight is 251 g/mol. The Kier molecular flexibility index (Phi) is 3.01. The van der Waals surface area contributed by atoms with Gasteiger partial charge in [0.1, 0.15) is 12.2 Å². The predicted octanol–water partition coefficient (Wildman–Crippen LogP) is 0.760. The number of aromatic nitrogens is 3. The summed E-state index contributed by atoms with van der Waals surface area (Å²) in [6.07, 6.45) is 3.06. The molecule has 0 saturated carbocycles. The van der Waals surface area contributed by atoms with Crippen LogP contribution < -0.4 is 4.87 Å². The molecule has 2 aromatic rings. The minimum absolute atomic E-state index is 0.313. The summed E-state index contributed by atoms with van der Waals surface area (Å²) in [7, 11) is 0. The lowest BCUT2D eigenvalue weighted by Gasteiger charge is -2.05. The van der Waals surface area contributed by atoms with Crippen molar-refractivity contribution in [1.29, 1.82) is 0 Å². The first-order chi connectivity index (χ1) is 8.09. The van der Waals surface area contributed by atoms with Crippen LogP contribution in [0.4, 0.5) is 0 Å². The fraction of sp³-hybridized carbons (Fsp3) is 0.200. The Bertz CT molecular complexity index is 617. The Morgan fingerprint density at radius 3 is 2.82 bits per heavy atom. The van der Waals surface area contributed by atoms with E-state index in [0.29, 0.717) is 17.1 Å². The van der Waals surface area contributed by atoms with E-state index < -0.39 is 5.97 Å². The Hall–Kier alpha value is -2.02. The van der Waals surface area contributed by atoms with Gasteiger partial charge in [0.25, 0.3) is 0 Å². The fourth-order valence-electron chi connectivity index (χ4n) is 1.46. The molecular weight excluding hydrogens is 242 g/mol. The number of rotatable bonds is 3. The van der Waals surface area contributed by atoms with Gasteiger partial charge in [-0.3, -0.25) is 24.1 Å². The van der Waals surface area contributed by atoms with Gasteiger partial charge in [-0.25, -0.2) is 0 Å². The van der Waals surface area contributed by atoms with Gasteiger partial charge in [0.05, 0.1) is 11.4 Å². The molecular formula is C10H9N3O3S. The van der Waals surface area contributed by atoms with Crippen molar-refractivity contribution < 1.29 is 9.90 Å². The van der Waals surface area contributed by atoms with Gasteiger partial charge >= 0.3 is 10.8 Å². The van der Waals surface area contributed by atoms with Crippen molar-refractivity contribution >= 4 is 17.3 Å². The molecule has 0 bridgehead atoms. The van der Waals surface area contributed by atoms with Crippen LogP contribution in [0, 0.1) is 6.92 Å². The van der Waals surface area contributed by atoms with Gasteiger partial charge in [-0.2, -0.15) is 0 Å². The maximum Gasteiger partial charge on any atom is 0.323 e. The maximum atomic E-state index is 11.5. The molecule has 0 aliphatic rings. The second-order valence-corrected chi connectivity index (χ2v) is 4.18. The third-order valence-electron chi connectivity index (χ3n) is 2.20. The quantitative estimate of drug-likeness (QED) is 0.870. The van der Waals surface area contributed by atoms with Crippen molar-refractivity contribution in [3.63, 3.8) is 0 Å². The highest BCUT2D eigenvalue weighted by Crippen LogP contribution is 2.19. The summed E-state index contributed by atoms with van der Waals surface area (Å²) in [5.41, 5.74) is 1.68. The van der Waals surface area contributed by atoms with Gasteiger partial charge in [-0.15, -0.1) is 0 Å². The van der Waals surface area contributed by atoms with Crippen LogP contribution in [0.1, 0.15) is 5.69 Å². The molecule has 6 nitrogen and oxygen atoms in total. The highest BCUT2D eigenvalue weighted by molar-refractivity contribution is 7.07. The van der Waals surface area contributed by atoms with Crippen molar-refractivity contribution in [3.05, 3.63) is 33.1 Å². The van der Waals surface area contributed by atoms with Crippen LogP contribution in [0.5, 0.6) is 0 Å². The predicted molar refractivity (Wildman–Crippen MR) is 62.0 cm³/mol. The third kappa shape index (κ3) is 2.23. The van der Waals surface area contributed by atoms with Crippen LogP contribution >= 0.6 is 11.3 Å². The molecule has 88 valence electrons. The van der Waals surface area contributed by atoms with E-state index >= 15 is 0 Å². The van der Waals surface area contributed by atoms with Gasteiger partial charge in [0, 0.05) is 17.8 Å². The van der Waals surface area contributed by atoms with Gasteiger partial charge in [0.15, 0.2) is 0 Å². The molecule has 7 heteroatoms. The zero-order valence-corrected chi connectivity index (χ0v) is 9.77. The van der Waals surface area contributed by atoms with E-state index in [9.17, 15) is 9.59 Å². The summed E-state index contributed by atoms with van der Waals surface area (Å²) in [4.78, 5) is 30.1. The number of hydrogen-bond donors (Lipinski definition) is 1. The number of nitrogens with zero attached hydrogens (tertiary/aromatic N) is 3. The molecule has 0 spiro atoms. The highest BCUT2D eigenvalue weighted by atomic mass is 32.1. The van der Waals surface area contributed by atoms with Gasteiger partial charge in [-0.1, -0.05) is 11.3 Å². The van der Waals surface area contributed by atoms with E-state index in [1.807, 2.05) is 0 Å². The van der Waals surface area contributed by atoms with E-state index in [1.165, 1.54) is 10.8 Å². The second-order valence-electron chi connectivity index (χ2n) is 3.36. The Morgan fingerprint density at radius 1 is 1.47 bits per heavy atom. The van der Waals surface area contributed by atoms with Crippen LogP contribution in [-0.2, 0) is 11.3 Å². The van der Waals surface area contributed by atoms with E-state index in [0.717, 1.165) is 11.3 Å². The van der Waals surface area contributed by atoms with Crippen LogP contribution in [-0.4, -0.2) is 25.6 Å². The normalized spacial score (nSPS) is 10.4. The summed E-state index contributed by atoms with van der Waals surface area (Å²) < 4.78 is 1.18. The zero-order valence-electron chi connectivity index (χ0n) is 8.95. The van der Waals surface area contributed by atoms with Crippen LogP contribution in [0.3, 0.4) is 0 Å². The van der Waals surface area contributed by atoms with Crippen molar-refractivity contribution in [2.75, 3.05) is 0 Å². The average Bonchev–Trinajstić information content (AvgIpc) is 2.61. The van der Waals surface area contributed by atoms with Crippen molar-refractivity contribution in [2.45, 2.75) is 13.5 Å². The minimum atomic E-state index is -1.06. The summed E-state index contributed by atoms with van der Waals surface area (Å²) in [6, 6.07) is 0. The molecule has 2 heterocycles. The summed E-state index contributed by atoms with van der Waals surface area (Å²) >= 11 is 0.953. The highest BCUT2D eigenvalue weighted by Gasteiger charge is 2.14. The minimum Gasteiger partial charge on any atom is -0.480 e. The molecule has 17 heavy (non-hydrogen) atoms. The second kappa shape index (κ2) is 4.46. The van der Waals surface area contributed by atoms with Crippen LogP contribution in [0.25, 0.3) is 11.4 Å². The fourth-order valence-corrected chi connectivity index (χ4v) is 2.20. The maximum absolute atomic E-state index is 11.5. The van der Waals surface area contributed by atoms with E-state index in [1.54, 1.807) is 18.5 Å². The number of carboxylic acids is 1. The molecule has 0 radical (unpaired) electrons. The molecule has 0 aromatic carbocycles. The molecule has 1 N–H and O–H groups in total. The molecule has 2 rings (SSSR count). The van der Waals surface area contributed by atoms with Gasteiger partial charge in [0.2, 0.25) is 0 Å². The number of carbonyl (C=O) groups is 1. The number of aliphatic carboxylic acids is 1. The zero-order chi connectivity index (χ0) is 12.4. The van der Waals surface area contributed by atoms with Gasteiger partial charge in [-0.05, 0) is 6.92 Å². The Balaban J connectivity index is 2.57. The first kappa shape index (κ1) is 11.5. The largest absolute Gasteiger partial charge is 0.480 e. The number of hydrogen-bond acceptors (Lipinski definition) is 5. The summed E-state index contributed by atoms with van der Waals surface area (Å²) in [5, 5.41) is 10.4. The number of aryl methyl sites for hydroxylation is 1. The molecule has 0 unspecified atom stereocenters. The topological polar surface area (TPSA) is 85.1 Å². The standard InChI is InChI=1S/C10H9N3O3S/c1-6-9(12-3-2-11-6)7-5-17-10(16)13(7)4-8(14)15/h2-3,5H,4H2,1H3,(H,14,15). The van der Waals surface area contributed by atoms with Crippen LogP contribution in [0.2, 0.25) is 0 Å². The SMILES string of the molecule is Cc1nccnc1-c1csc(=O)n1CC(=O)O. The van der Waals surface area contributed by atoms with Crippen molar-refractivity contribution in [3.8, 4) is 11.4 Å². The number of thiazole rings is 1. The lowest BCUT2D eigenvalue weighted by atomic mass is 10.2. The molecule has 0 amide bonds. The monoisotopic (exact) mass is 251 g/mol. The lowest BCUT2D eigenvalue weighted by Crippen LogP contribution is -2.20. The molecule has 0 saturated heterocycles. The van der Waals surface area contributed by atoms with E-state index in [2.05, 4.69) is 9.97 Å². The molecule has 0 aliphatic carbocycles. The molecule has 0 aliphatic heterocycles. The van der Waals surface area contributed by atoms with E-state index in [-0.39, 0.29) is 11.4 Å². The van der Waals surface area contributed by atoms with Crippen molar-refractivity contribution in [1.82, 2.24) is 14.5 Å². The molecule has 0 fully saturated rings. The molecule has 0 atom stereocenters. The first-order valence-electron chi connectivity index (χ1n) is 4.77. The Labute approximate surface area is 100 Å². The summed E-state index contributed by atoms with van der Waals surface area (Å²) in [5.74, 6) is -1.06. The van der Waals surface area contributed by atoms with E-state index in [4.69, 9.17) is 5.11 Å². The summed E-state index contributed by atoms with van der Waals surface area (Å²) in [6.45, 7) is 1.39. The van der Waals surface area contributed by atoms with Crippen LogP contribution in [0.15, 0.2) is 22.6 Å². The number of carboxylic acid groups (broad SMARTS) is 1. The smallest absolute Gasteiger partial charge is 0.323 e. The Morgan fingerprint density at radius 2 is 2.18 bits per heavy atom. The molecule has 2 aromatic heterocycles. The van der Waals surface area contributed by atoms with Gasteiger partial charge < -0.3 is 5.11 Å². The lowest BCUT2D eigenvalue weighted by molar-refractivity contribution is -0.137. The first-order valence-corrected chi connectivity index (χ1v) is 5.65. The van der Waals surface area contributed by atoms with Crippen molar-refractivity contribution in [2.24, 2.45) is 0 Å². The third-order valence-corrected chi connectivity index (χ3v) is 2.96.